The number of carbonyl (C=O) groups is 3. The Bertz CT molecular complexity index is 991. The van der Waals surface area contributed by atoms with Gasteiger partial charge in [-0.25, -0.2) is 0 Å². The first-order chi connectivity index (χ1) is 15.5. The minimum absolute atomic E-state index is 0.154. The normalized spacial score (nSPS) is 19.8. The van der Waals surface area contributed by atoms with Gasteiger partial charge < -0.3 is 14.4 Å². The molecule has 2 aliphatic rings. The van der Waals surface area contributed by atoms with E-state index in [-0.39, 0.29) is 49.3 Å². The van der Waals surface area contributed by atoms with Gasteiger partial charge in [0.1, 0.15) is 5.92 Å². The van der Waals surface area contributed by atoms with Gasteiger partial charge in [0, 0.05) is 38.0 Å². The summed E-state index contributed by atoms with van der Waals surface area (Å²) in [6.45, 7) is 6.26. The summed E-state index contributed by atoms with van der Waals surface area (Å²) in [5.74, 6) is -0.713. The van der Waals surface area contributed by atoms with E-state index in [1.165, 1.54) is 0 Å². The second-order valence-corrected chi connectivity index (χ2v) is 8.39. The van der Waals surface area contributed by atoms with Crippen molar-refractivity contribution in [3.8, 4) is 11.5 Å². The van der Waals surface area contributed by atoms with Crippen molar-refractivity contribution in [2.75, 3.05) is 24.8 Å². The molecular formula is C26H29NO5. The first-order valence-electron chi connectivity index (χ1n) is 11.3. The Kier molecular flexibility index (Phi) is 6.58. The molecule has 2 aromatic carbocycles. The first kappa shape index (κ1) is 22.1. The van der Waals surface area contributed by atoms with E-state index in [2.05, 4.69) is 18.7 Å². The van der Waals surface area contributed by atoms with E-state index < -0.39 is 5.92 Å². The van der Waals surface area contributed by atoms with Crippen LogP contribution in [-0.2, 0) is 20.8 Å². The van der Waals surface area contributed by atoms with E-state index in [4.69, 9.17) is 9.47 Å². The standard InChI is InChI=1S/C26H29NO5/c1-3-27(4-2)20-9-7-18(8-10-20)19-14-22(29)26(23(30)15-19)21(28)11-5-17-6-12-24-25(13-17)32-16-31-24/h6-10,12-13,19,26H,3-5,11,14-16H2,1-2H3. The largest absolute Gasteiger partial charge is 0.454 e. The molecule has 1 aliphatic carbocycles. The Balaban J connectivity index is 1.36. The molecule has 0 saturated heterocycles. The smallest absolute Gasteiger partial charge is 0.231 e. The summed E-state index contributed by atoms with van der Waals surface area (Å²) in [4.78, 5) is 40.5. The van der Waals surface area contributed by atoms with Crippen molar-refractivity contribution < 1.29 is 23.9 Å². The number of ether oxygens (including phenoxy) is 2. The number of Topliss-reactive ketones (excluding diaryl/α,β-unsaturated/α-hetero) is 3. The van der Waals surface area contributed by atoms with Crippen LogP contribution >= 0.6 is 0 Å². The van der Waals surface area contributed by atoms with E-state index >= 15 is 0 Å². The molecule has 1 aliphatic heterocycles. The highest BCUT2D eigenvalue weighted by molar-refractivity contribution is 6.21. The van der Waals surface area contributed by atoms with Crippen LogP contribution in [-0.4, -0.2) is 37.2 Å². The molecule has 32 heavy (non-hydrogen) atoms. The Labute approximate surface area is 188 Å². The van der Waals surface area contributed by atoms with E-state index in [0.29, 0.717) is 17.9 Å². The minimum Gasteiger partial charge on any atom is -0.454 e. The van der Waals surface area contributed by atoms with Crippen LogP contribution < -0.4 is 14.4 Å². The monoisotopic (exact) mass is 435 g/mol. The lowest BCUT2D eigenvalue weighted by molar-refractivity contribution is -0.142. The van der Waals surface area contributed by atoms with Gasteiger partial charge in [0.05, 0.1) is 0 Å². The number of hydrogen-bond acceptors (Lipinski definition) is 6. The average Bonchev–Trinajstić information content (AvgIpc) is 3.26. The summed E-state index contributed by atoms with van der Waals surface area (Å²) < 4.78 is 10.7. The Morgan fingerprint density at radius 3 is 2.25 bits per heavy atom. The molecule has 0 radical (unpaired) electrons. The van der Waals surface area contributed by atoms with Gasteiger partial charge >= 0.3 is 0 Å². The number of carbonyl (C=O) groups excluding carboxylic acids is 3. The van der Waals surface area contributed by atoms with Crippen LogP contribution in [0.4, 0.5) is 5.69 Å². The highest BCUT2D eigenvalue weighted by Crippen LogP contribution is 2.35. The van der Waals surface area contributed by atoms with Crippen LogP contribution in [0.2, 0.25) is 0 Å². The molecule has 1 heterocycles. The average molecular weight is 436 g/mol. The molecule has 0 amide bonds. The number of rotatable bonds is 8. The lowest BCUT2D eigenvalue weighted by Crippen LogP contribution is -2.38. The Hall–Kier alpha value is -3.15. The zero-order chi connectivity index (χ0) is 22.7. The van der Waals surface area contributed by atoms with Crippen molar-refractivity contribution in [3.05, 3.63) is 53.6 Å². The molecule has 0 spiro atoms. The number of anilines is 1. The van der Waals surface area contributed by atoms with Crippen LogP contribution in [0.3, 0.4) is 0 Å². The fraction of sp³-hybridized carbons (Fsp3) is 0.423. The van der Waals surface area contributed by atoms with Gasteiger partial charge in [0.25, 0.3) is 0 Å². The third-order valence-electron chi connectivity index (χ3n) is 6.45. The van der Waals surface area contributed by atoms with Gasteiger partial charge in [-0.3, -0.25) is 14.4 Å². The van der Waals surface area contributed by atoms with Crippen molar-refractivity contribution in [2.45, 2.75) is 45.4 Å². The predicted octanol–water partition coefficient (Wildman–Crippen LogP) is 4.10. The van der Waals surface area contributed by atoms with Crippen molar-refractivity contribution in [1.29, 1.82) is 0 Å². The molecule has 0 N–H and O–H groups in total. The number of nitrogens with zero attached hydrogens (tertiary/aromatic N) is 1. The fourth-order valence-electron chi connectivity index (χ4n) is 4.62. The van der Waals surface area contributed by atoms with Crippen molar-refractivity contribution >= 4 is 23.0 Å². The lowest BCUT2D eigenvalue weighted by Gasteiger charge is -2.27. The molecule has 2 aromatic rings. The van der Waals surface area contributed by atoms with Gasteiger partial charge in [-0.15, -0.1) is 0 Å². The number of benzene rings is 2. The minimum atomic E-state index is -1.12. The number of aryl methyl sites for hydroxylation is 1. The number of ketones is 3. The predicted molar refractivity (Wildman–Crippen MR) is 121 cm³/mol. The molecule has 0 bridgehead atoms. The second kappa shape index (κ2) is 9.55. The fourth-order valence-corrected chi connectivity index (χ4v) is 4.62. The maximum absolute atomic E-state index is 12.8. The summed E-state index contributed by atoms with van der Waals surface area (Å²) >= 11 is 0. The molecule has 6 nitrogen and oxygen atoms in total. The van der Waals surface area contributed by atoms with E-state index in [0.717, 1.165) is 29.9 Å². The second-order valence-electron chi connectivity index (χ2n) is 8.39. The van der Waals surface area contributed by atoms with Gasteiger partial charge in [-0.1, -0.05) is 18.2 Å². The van der Waals surface area contributed by atoms with Crippen LogP contribution in [0.15, 0.2) is 42.5 Å². The number of hydrogen-bond donors (Lipinski definition) is 0. The highest BCUT2D eigenvalue weighted by Gasteiger charge is 2.40. The van der Waals surface area contributed by atoms with Crippen LogP contribution in [0.1, 0.15) is 50.2 Å². The lowest BCUT2D eigenvalue weighted by atomic mass is 9.74. The summed E-state index contributed by atoms with van der Waals surface area (Å²) in [5, 5.41) is 0. The molecule has 6 heteroatoms. The molecule has 0 unspecified atom stereocenters. The summed E-state index contributed by atoms with van der Waals surface area (Å²) in [6, 6.07) is 13.6. The Morgan fingerprint density at radius 1 is 0.938 bits per heavy atom. The van der Waals surface area contributed by atoms with Crippen molar-refractivity contribution in [2.24, 2.45) is 5.92 Å². The van der Waals surface area contributed by atoms with Crippen molar-refractivity contribution in [3.63, 3.8) is 0 Å². The molecule has 0 aromatic heterocycles. The summed E-state index contributed by atoms with van der Waals surface area (Å²) in [6.07, 6.45) is 1.08. The maximum atomic E-state index is 12.8. The zero-order valence-corrected chi connectivity index (χ0v) is 18.6. The SMILES string of the molecule is CCN(CC)c1ccc(C2CC(=O)C(C(=O)CCc3ccc4c(c3)OCO4)C(=O)C2)cc1. The topological polar surface area (TPSA) is 72.9 Å². The molecule has 1 fully saturated rings. The van der Waals surface area contributed by atoms with Gasteiger partial charge in [0.15, 0.2) is 28.8 Å². The quantitative estimate of drug-likeness (QED) is 0.582. The molecule has 1 saturated carbocycles. The summed E-state index contributed by atoms with van der Waals surface area (Å²) in [5.41, 5.74) is 3.03. The molecule has 168 valence electrons. The van der Waals surface area contributed by atoms with Crippen LogP contribution in [0.5, 0.6) is 11.5 Å². The summed E-state index contributed by atoms with van der Waals surface area (Å²) in [7, 11) is 0. The third kappa shape index (κ3) is 4.54. The van der Waals surface area contributed by atoms with Crippen molar-refractivity contribution in [1.82, 2.24) is 0 Å². The van der Waals surface area contributed by atoms with Gasteiger partial charge in [-0.05, 0) is 61.6 Å². The van der Waals surface area contributed by atoms with Gasteiger partial charge in [0.2, 0.25) is 6.79 Å². The van der Waals surface area contributed by atoms with E-state index in [1.807, 2.05) is 42.5 Å². The van der Waals surface area contributed by atoms with Crippen LogP contribution in [0.25, 0.3) is 0 Å². The maximum Gasteiger partial charge on any atom is 0.231 e. The van der Waals surface area contributed by atoms with E-state index in [1.54, 1.807) is 0 Å². The molecule has 4 rings (SSSR count). The number of fused-ring (bicyclic) bond motifs is 1. The molecular weight excluding hydrogens is 406 g/mol. The highest BCUT2D eigenvalue weighted by atomic mass is 16.7. The van der Waals surface area contributed by atoms with Gasteiger partial charge in [-0.2, -0.15) is 0 Å². The Morgan fingerprint density at radius 2 is 1.59 bits per heavy atom. The third-order valence-corrected chi connectivity index (χ3v) is 6.45. The molecule has 0 atom stereocenters. The first-order valence-corrected chi connectivity index (χ1v) is 11.3. The van der Waals surface area contributed by atoms with Crippen LogP contribution in [0, 0.1) is 5.92 Å². The zero-order valence-electron chi connectivity index (χ0n) is 18.6. The van der Waals surface area contributed by atoms with E-state index in [9.17, 15) is 14.4 Å².